The first kappa shape index (κ1) is 25.9. The minimum Gasteiger partial charge on any atom is -0.444 e. The Morgan fingerprint density at radius 2 is 1.79 bits per heavy atom. The van der Waals surface area contributed by atoms with E-state index in [-0.39, 0.29) is 17.7 Å². The Hall–Kier alpha value is -3.76. The molecular weight excluding hydrogens is 484 g/mol. The lowest BCUT2D eigenvalue weighted by atomic mass is 10.2. The molecule has 11 heteroatoms. The van der Waals surface area contributed by atoms with E-state index in [9.17, 15) is 9.59 Å². The molecule has 0 unspecified atom stereocenters. The van der Waals surface area contributed by atoms with Crippen molar-refractivity contribution in [2.45, 2.75) is 71.4 Å². The number of ether oxygens (including phenoxy) is 1. The summed E-state index contributed by atoms with van der Waals surface area (Å²) in [6.07, 6.45) is 7.96. The monoisotopic (exact) mass is 520 g/mol. The number of aromatic nitrogens is 5. The molecule has 3 aromatic rings. The average Bonchev–Trinajstić information content (AvgIpc) is 3.42. The van der Waals surface area contributed by atoms with Crippen molar-refractivity contribution in [3.8, 4) is 0 Å². The number of nitrogens with zero attached hydrogens (tertiary/aromatic N) is 7. The van der Waals surface area contributed by atoms with Gasteiger partial charge in [-0.1, -0.05) is 19.8 Å². The molecule has 1 saturated heterocycles. The highest BCUT2D eigenvalue weighted by atomic mass is 16.6. The molecule has 1 amide bonds. The predicted molar refractivity (Wildman–Crippen MR) is 146 cm³/mol. The van der Waals surface area contributed by atoms with Crippen LogP contribution >= 0.6 is 0 Å². The summed E-state index contributed by atoms with van der Waals surface area (Å²) in [4.78, 5) is 47.6. The second-order valence-corrected chi connectivity index (χ2v) is 10.9. The van der Waals surface area contributed by atoms with Gasteiger partial charge in [0.15, 0.2) is 5.65 Å². The molecule has 0 radical (unpaired) electrons. The minimum atomic E-state index is -0.501. The zero-order valence-electron chi connectivity index (χ0n) is 22.6. The number of nitrogens with one attached hydrogen (secondary N) is 1. The van der Waals surface area contributed by atoms with E-state index in [1.54, 1.807) is 17.3 Å². The van der Waals surface area contributed by atoms with Gasteiger partial charge in [0.25, 0.3) is 5.56 Å². The molecular formula is C27H36N8O3. The van der Waals surface area contributed by atoms with Crippen LogP contribution in [0.25, 0.3) is 11.2 Å². The topological polar surface area (TPSA) is 118 Å². The van der Waals surface area contributed by atoms with E-state index in [1.165, 1.54) is 0 Å². The molecule has 11 nitrogen and oxygen atoms in total. The van der Waals surface area contributed by atoms with Crippen LogP contribution in [0.15, 0.2) is 29.3 Å². The van der Waals surface area contributed by atoms with Gasteiger partial charge in [-0.2, -0.15) is 4.98 Å². The Kier molecular flexibility index (Phi) is 7.18. The summed E-state index contributed by atoms with van der Waals surface area (Å²) >= 11 is 0. The zero-order chi connectivity index (χ0) is 26.9. The van der Waals surface area contributed by atoms with Crippen molar-refractivity contribution in [3.63, 3.8) is 0 Å². The maximum atomic E-state index is 13.2. The van der Waals surface area contributed by atoms with Crippen molar-refractivity contribution < 1.29 is 9.53 Å². The molecule has 2 aliphatic rings. The SMILES string of the molecule is CCc1nc2cnc(Nc3ccc(N4CCN(C(=O)OC(C)(C)C)CC4)cn3)nc2n(C2CCCC2)c1=O. The molecule has 1 aliphatic carbocycles. The second kappa shape index (κ2) is 10.5. The predicted octanol–water partition coefficient (Wildman–Crippen LogP) is 4.06. The molecule has 202 valence electrons. The van der Waals surface area contributed by atoms with Gasteiger partial charge in [0.1, 0.15) is 22.6 Å². The molecule has 0 atom stereocenters. The lowest BCUT2D eigenvalue weighted by molar-refractivity contribution is 0.0240. The number of pyridine rings is 1. The quantitative estimate of drug-likeness (QED) is 0.531. The molecule has 0 aromatic carbocycles. The largest absolute Gasteiger partial charge is 0.444 e. The Balaban J connectivity index is 1.29. The highest BCUT2D eigenvalue weighted by molar-refractivity contribution is 5.72. The third-order valence-corrected chi connectivity index (χ3v) is 7.01. The molecule has 1 saturated carbocycles. The van der Waals surface area contributed by atoms with E-state index in [4.69, 9.17) is 9.72 Å². The molecule has 0 bridgehead atoms. The van der Waals surface area contributed by atoms with Crippen LogP contribution < -0.4 is 15.8 Å². The average molecular weight is 521 g/mol. The Morgan fingerprint density at radius 1 is 1.05 bits per heavy atom. The van der Waals surface area contributed by atoms with Crippen molar-refractivity contribution in [2.24, 2.45) is 0 Å². The Bertz CT molecular complexity index is 1350. The van der Waals surface area contributed by atoms with E-state index in [0.717, 1.165) is 31.4 Å². The number of amides is 1. The van der Waals surface area contributed by atoms with Crippen LogP contribution in [0.2, 0.25) is 0 Å². The first-order chi connectivity index (χ1) is 18.2. The molecule has 1 aliphatic heterocycles. The molecule has 3 aromatic heterocycles. The summed E-state index contributed by atoms with van der Waals surface area (Å²) in [5.41, 5.74) is 2.18. The van der Waals surface area contributed by atoms with E-state index in [0.29, 0.717) is 61.2 Å². The number of rotatable bonds is 5. The van der Waals surface area contributed by atoms with Crippen LogP contribution in [0.1, 0.15) is 65.1 Å². The fourth-order valence-electron chi connectivity index (χ4n) is 5.08. The fraction of sp³-hybridized carbons (Fsp3) is 0.556. The Labute approximate surface area is 222 Å². The molecule has 1 N–H and O–H groups in total. The molecule has 0 spiro atoms. The van der Waals surface area contributed by atoms with Gasteiger partial charge in [0, 0.05) is 32.2 Å². The lowest BCUT2D eigenvalue weighted by Crippen LogP contribution is -2.50. The van der Waals surface area contributed by atoms with Gasteiger partial charge < -0.3 is 19.9 Å². The van der Waals surface area contributed by atoms with Crippen LogP contribution in [0.4, 0.5) is 22.2 Å². The van der Waals surface area contributed by atoms with Crippen molar-refractivity contribution >= 4 is 34.7 Å². The number of hydrogen-bond donors (Lipinski definition) is 1. The maximum absolute atomic E-state index is 13.2. The van der Waals surface area contributed by atoms with Gasteiger partial charge in [-0.05, 0) is 52.2 Å². The highest BCUT2D eigenvalue weighted by Crippen LogP contribution is 2.30. The van der Waals surface area contributed by atoms with Crippen LogP contribution in [0, 0.1) is 0 Å². The summed E-state index contributed by atoms with van der Waals surface area (Å²) < 4.78 is 7.31. The van der Waals surface area contributed by atoms with Gasteiger partial charge in [0.05, 0.1) is 18.1 Å². The van der Waals surface area contributed by atoms with Gasteiger partial charge in [-0.3, -0.25) is 9.36 Å². The first-order valence-corrected chi connectivity index (χ1v) is 13.5. The van der Waals surface area contributed by atoms with E-state index >= 15 is 0 Å². The number of aryl methyl sites for hydroxylation is 1. The van der Waals surface area contributed by atoms with Gasteiger partial charge >= 0.3 is 6.09 Å². The molecule has 5 rings (SSSR count). The minimum absolute atomic E-state index is 0.0502. The number of carbonyl (C=O) groups excluding carboxylic acids is 1. The summed E-state index contributed by atoms with van der Waals surface area (Å²) in [6, 6.07) is 4.02. The van der Waals surface area contributed by atoms with E-state index < -0.39 is 5.60 Å². The van der Waals surface area contributed by atoms with E-state index in [2.05, 4.69) is 25.2 Å². The molecule has 38 heavy (non-hydrogen) atoms. The van der Waals surface area contributed by atoms with E-state index in [1.807, 2.05) is 44.4 Å². The van der Waals surface area contributed by atoms with Crippen LogP contribution in [0.5, 0.6) is 0 Å². The number of piperazine rings is 1. The summed E-state index contributed by atoms with van der Waals surface area (Å²) in [5, 5.41) is 3.17. The third-order valence-electron chi connectivity index (χ3n) is 7.01. The number of fused-ring (bicyclic) bond motifs is 1. The number of carbonyl (C=O) groups is 1. The third kappa shape index (κ3) is 5.56. The zero-order valence-corrected chi connectivity index (χ0v) is 22.6. The summed E-state index contributed by atoms with van der Waals surface area (Å²) in [7, 11) is 0. The van der Waals surface area contributed by atoms with Crippen LogP contribution in [-0.2, 0) is 11.2 Å². The highest BCUT2D eigenvalue weighted by Gasteiger charge is 2.26. The van der Waals surface area contributed by atoms with Gasteiger partial charge in [-0.15, -0.1) is 0 Å². The van der Waals surface area contributed by atoms with Crippen LogP contribution in [-0.4, -0.2) is 67.3 Å². The first-order valence-electron chi connectivity index (χ1n) is 13.5. The molecule has 4 heterocycles. The standard InChI is InChI=1S/C27H36N8O3/c1-5-20-24(36)35(18-8-6-7-9-18)23-21(30-20)17-29-25(32-23)31-22-11-10-19(16-28-22)33-12-14-34(15-13-33)26(37)38-27(2,3)4/h10-11,16-18H,5-9,12-15H2,1-4H3,(H,28,29,31,32). The maximum Gasteiger partial charge on any atom is 0.410 e. The molecule has 2 fully saturated rings. The normalized spacial score (nSPS) is 16.7. The summed E-state index contributed by atoms with van der Waals surface area (Å²) in [6.45, 7) is 10.2. The number of hydrogen-bond acceptors (Lipinski definition) is 9. The lowest BCUT2D eigenvalue weighted by Gasteiger charge is -2.36. The summed E-state index contributed by atoms with van der Waals surface area (Å²) in [5.74, 6) is 0.981. The van der Waals surface area contributed by atoms with Crippen LogP contribution in [0.3, 0.4) is 0 Å². The smallest absolute Gasteiger partial charge is 0.410 e. The van der Waals surface area contributed by atoms with Crippen molar-refractivity contribution in [1.29, 1.82) is 0 Å². The fourth-order valence-corrected chi connectivity index (χ4v) is 5.08. The van der Waals surface area contributed by atoms with Gasteiger partial charge in [0.2, 0.25) is 5.95 Å². The van der Waals surface area contributed by atoms with Crippen molar-refractivity contribution in [1.82, 2.24) is 29.4 Å². The van der Waals surface area contributed by atoms with Crippen molar-refractivity contribution in [3.05, 3.63) is 40.6 Å². The van der Waals surface area contributed by atoms with Crippen molar-refractivity contribution in [2.75, 3.05) is 36.4 Å². The second-order valence-electron chi connectivity index (χ2n) is 10.9. The van der Waals surface area contributed by atoms with Gasteiger partial charge in [-0.25, -0.2) is 19.7 Å². The Morgan fingerprint density at radius 3 is 2.42 bits per heavy atom. The number of anilines is 3.